The molecule has 1 saturated carbocycles. The van der Waals surface area contributed by atoms with Crippen LogP contribution in [0.3, 0.4) is 0 Å². The fourth-order valence-electron chi connectivity index (χ4n) is 3.22. The van der Waals surface area contributed by atoms with Crippen molar-refractivity contribution in [2.24, 2.45) is 5.92 Å². The highest BCUT2D eigenvalue weighted by Crippen LogP contribution is 2.36. The molecule has 0 aliphatic heterocycles. The van der Waals surface area contributed by atoms with Crippen LogP contribution in [0.4, 0.5) is 0 Å². The average Bonchev–Trinajstić information content (AvgIpc) is 2.54. The summed E-state index contributed by atoms with van der Waals surface area (Å²) in [6.07, 6.45) is 11.1. The standard InChI is InChI=1S/C17H26N2O2/c20-12-5-4-11-19-17(21)16(14-7-2-1-3-8-14)15-9-6-10-18-13-15/h6,9-10,13-14,16,20H,1-5,7-8,11-12H2,(H,19,21). The number of pyridine rings is 1. The molecular formula is C17H26N2O2. The summed E-state index contributed by atoms with van der Waals surface area (Å²) in [5.74, 6) is 0.474. The van der Waals surface area contributed by atoms with Gasteiger partial charge >= 0.3 is 0 Å². The minimum Gasteiger partial charge on any atom is -0.396 e. The zero-order valence-corrected chi connectivity index (χ0v) is 12.6. The molecule has 1 aliphatic rings. The summed E-state index contributed by atoms with van der Waals surface area (Å²) in [5.41, 5.74) is 1.03. The Morgan fingerprint density at radius 1 is 1.33 bits per heavy atom. The van der Waals surface area contributed by atoms with Gasteiger partial charge in [-0.1, -0.05) is 25.3 Å². The van der Waals surface area contributed by atoms with E-state index in [1.165, 1.54) is 19.3 Å². The normalized spacial score (nSPS) is 17.4. The molecule has 0 bridgehead atoms. The van der Waals surface area contributed by atoms with Crippen LogP contribution < -0.4 is 5.32 Å². The van der Waals surface area contributed by atoms with E-state index >= 15 is 0 Å². The molecule has 1 amide bonds. The molecule has 116 valence electrons. The Balaban J connectivity index is 2.02. The van der Waals surface area contributed by atoms with Gasteiger partial charge in [-0.15, -0.1) is 0 Å². The smallest absolute Gasteiger partial charge is 0.227 e. The van der Waals surface area contributed by atoms with Crippen molar-refractivity contribution in [2.75, 3.05) is 13.2 Å². The van der Waals surface area contributed by atoms with E-state index < -0.39 is 0 Å². The van der Waals surface area contributed by atoms with Gasteiger partial charge in [0.25, 0.3) is 0 Å². The van der Waals surface area contributed by atoms with E-state index in [0.717, 1.165) is 31.2 Å². The summed E-state index contributed by atoms with van der Waals surface area (Å²) < 4.78 is 0. The molecule has 1 unspecified atom stereocenters. The maximum atomic E-state index is 12.6. The lowest BCUT2D eigenvalue weighted by Gasteiger charge is -2.29. The van der Waals surface area contributed by atoms with Gasteiger partial charge in [0, 0.05) is 25.5 Å². The van der Waals surface area contributed by atoms with Crippen LogP contribution in [0.2, 0.25) is 0 Å². The average molecular weight is 290 g/mol. The predicted octanol–water partition coefficient (Wildman–Crippen LogP) is 2.63. The van der Waals surface area contributed by atoms with E-state index in [9.17, 15) is 4.79 Å². The number of aliphatic hydroxyl groups is 1. The van der Waals surface area contributed by atoms with E-state index in [4.69, 9.17) is 5.11 Å². The molecule has 2 rings (SSSR count). The Hall–Kier alpha value is -1.42. The maximum Gasteiger partial charge on any atom is 0.227 e. The molecule has 21 heavy (non-hydrogen) atoms. The van der Waals surface area contributed by atoms with Crippen LogP contribution in [0, 0.1) is 5.92 Å². The van der Waals surface area contributed by atoms with Gasteiger partial charge in [-0.2, -0.15) is 0 Å². The number of hydrogen-bond donors (Lipinski definition) is 2. The second-order valence-corrected chi connectivity index (χ2v) is 5.88. The molecule has 0 saturated heterocycles. The first-order valence-electron chi connectivity index (χ1n) is 8.11. The number of carbonyl (C=O) groups excluding carboxylic acids is 1. The summed E-state index contributed by atoms with van der Waals surface area (Å²) in [4.78, 5) is 16.8. The molecule has 2 N–H and O–H groups in total. The van der Waals surface area contributed by atoms with Crippen LogP contribution in [0.15, 0.2) is 24.5 Å². The number of nitrogens with one attached hydrogen (secondary N) is 1. The second-order valence-electron chi connectivity index (χ2n) is 5.88. The zero-order chi connectivity index (χ0) is 14.9. The van der Waals surface area contributed by atoms with Crippen LogP contribution in [0.25, 0.3) is 0 Å². The van der Waals surface area contributed by atoms with Crippen LogP contribution in [-0.2, 0) is 4.79 Å². The second kappa shape index (κ2) is 8.78. The fraction of sp³-hybridized carbons (Fsp3) is 0.647. The third-order valence-electron chi connectivity index (χ3n) is 4.33. The topological polar surface area (TPSA) is 62.2 Å². The fourth-order valence-corrected chi connectivity index (χ4v) is 3.22. The zero-order valence-electron chi connectivity index (χ0n) is 12.6. The summed E-state index contributed by atoms with van der Waals surface area (Å²) in [5, 5.41) is 11.8. The predicted molar refractivity (Wildman–Crippen MR) is 82.9 cm³/mol. The lowest BCUT2D eigenvalue weighted by molar-refractivity contribution is -0.124. The van der Waals surface area contributed by atoms with Gasteiger partial charge in [0.1, 0.15) is 0 Å². The van der Waals surface area contributed by atoms with E-state index in [-0.39, 0.29) is 18.4 Å². The molecule has 1 atom stereocenters. The Labute approximate surface area is 127 Å². The molecule has 0 spiro atoms. The molecule has 4 nitrogen and oxygen atoms in total. The summed E-state index contributed by atoms with van der Waals surface area (Å²) >= 11 is 0. The van der Waals surface area contributed by atoms with Gasteiger partial charge in [-0.25, -0.2) is 0 Å². The Morgan fingerprint density at radius 2 is 2.14 bits per heavy atom. The highest BCUT2D eigenvalue weighted by atomic mass is 16.2. The number of rotatable bonds is 7. The lowest BCUT2D eigenvalue weighted by Crippen LogP contribution is -2.35. The molecule has 1 heterocycles. The molecule has 0 radical (unpaired) electrons. The highest BCUT2D eigenvalue weighted by Gasteiger charge is 2.30. The van der Waals surface area contributed by atoms with Gasteiger partial charge in [0.2, 0.25) is 5.91 Å². The first kappa shape index (κ1) is 16.0. The van der Waals surface area contributed by atoms with Crippen molar-refractivity contribution in [2.45, 2.75) is 50.9 Å². The first-order valence-corrected chi connectivity index (χ1v) is 8.11. The SMILES string of the molecule is O=C(NCCCCO)C(c1cccnc1)C1CCCCC1. The molecule has 1 aromatic rings. The number of aromatic nitrogens is 1. The van der Waals surface area contributed by atoms with Crippen LogP contribution in [-0.4, -0.2) is 29.1 Å². The largest absolute Gasteiger partial charge is 0.396 e. The minimum atomic E-state index is -0.0758. The van der Waals surface area contributed by atoms with Crippen LogP contribution in [0.5, 0.6) is 0 Å². The molecule has 4 heteroatoms. The van der Waals surface area contributed by atoms with Crippen molar-refractivity contribution >= 4 is 5.91 Å². The van der Waals surface area contributed by atoms with Crippen molar-refractivity contribution in [3.05, 3.63) is 30.1 Å². The number of carbonyl (C=O) groups is 1. The van der Waals surface area contributed by atoms with E-state index in [2.05, 4.69) is 10.3 Å². The number of amides is 1. The number of nitrogens with zero attached hydrogens (tertiary/aromatic N) is 1. The number of unbranched alkanes of at least 4 members (excludes halogenated alkanes) is 1. The van der Waals surface area contributed by atoms with Gasteiger partial charge in [0.05, 0.1) is 5.92 Å². The molecule has 1 aliphatic carbocycles. The van der Waals surface area contributed by atoms with Gasteiger partial charge < -0.3 is 10.4 Å². The number of aliphatic hydroxyl groups excluding tert-OH is 1. The van der Waals surface area contributed by atoms with Crippen molar-refractivity contribution in [1.29, 1.82) is 0 Å². The lowest BCUT2D eigenvalue weighted by atomic mass is 9.76. The summed E-state index contributed by atoms with van der Waals surface area (Å²) in [7, 11) is 0. The third-order valence-corrected chi connectivity index (χ3v) is 4.33. The van der Waals surface area contributed by atoms with Crippen LogP contribution in [0.1, 0.15) is 56.4 Å². The summed E-state index contributed by atoms with van der Waals surface area (Å²) in [6.45, 7) is 0.827. The number of hydrogen-bond acceptors (Lipinski definition) is 3. The van der Waals surface area contributed by atoms with Crippen molar-refractivity contribution in [3.8, 4) is 0 Å². The Morgan fingerprint density at radius 3 is 2.81 bits per heavy atom. The minimum absolute atomic E-state index is 0.0758. The van der Waals surface area contributed by atoms with Gasteiger partial charge in [-0.05, 0) is 43.2 Å². The Kier molecular flexibility index (Phi) is 6.67. The molecule has 0 aromatic carbocycles. The molecule has 1 aromatic heterocycles. The first-order chi connectivity index (χ1) is 10.3. The Bertz CT molecular complexity index is 416. The van der Waals surface area contributed by atoms with Crippen molar-refractivity contribution < 1.29 is 9.90 Å². The van der Waals surface area contributed by atoms with Gasteiger partial charge in [-0.3, -0.25) is 9.78 Å². The van der Waals surface area contributed by atoms with Crippen LogP contribution >= 0.6 is 0 Å². The molecule has 1 fully saturated rings. The van der Waals surface area contributed by atoms with E-state index in [0.29, 0.717) is 12.5 Å². The quantitative estimate of drug-likeness (QED) is 0.759. The van der Waals surface area contributed by atoms with Gasteiger partial charge in [0.15, 0.2) is 0 Å². The third kappa shape index (κ3) is 4.81. The highest BCUT2D eigenvalue weighted by molar-refractivity contribution is 5.83. The molecular weight excluding hydrogens is 264 g/mol. The monoisotopic (exact) mass is 290 g/mol. The van der Waals surface area contributed by atoms with E-state index in [1.54, 1.807) is 6.20 Å². The van der Waals surface area contributed by atoms with E-state index in [1.807, 2.05) is 18.3 Å². The maximum absolute atomic E-state index is 12.6. The summed E-state index contributed by atoms with van der Waals surface area (Å²) in [6, 6.07) is 3.92. The van der Waals surface area contributed by atoms with Crippen molar-refractivity contribution in [1.82, 2.24) is 10.3 Å². The van der Waals surface area contributed by atoms with Crippen molar-refractivity contribution in [3.63, 3.8) is 0 Å².